The molecule has 0 amide bonds. The molecule has 35 heavy (non-hydrogen) atoms. The SMILES string of the molecule is C=C(N)C(C)NC1c2cc(-c3cncc(C#CC)c3)ccc2CC1CC(C)CC(C)C.CC.CC. The van der Waals surface area contributed by atoms with Gasteiger partial charge < -0.3 is 11.1 Å². The highest BCUT2D eigenvalue weighted by Gasteiger charge is 2.34. The molecule has 2 aromatic rings. The molecule has 3 rings (SSSR count). The highest BCUT2D eigenvalue weighted by atomic mass is 15.0. The van der Waals surface area contributed by atoms with Crippen molar-refractivity contribution in [2.75, 3.05) is 0 Å². The molecule has 3 N–H and O–H groups in total. The molecule has 1 aliphatic rings. The van der Waals surface area contributed by atoms with Gasteiger partial charge >= 0.3 is 0 Å². The average molecular weight is 476 g/mol. The fourth-order valence-electron chi connectivity index (χ4n) is 4.95. The predicted octanol–water partition coefficient (Wildman–Crippen LogP) is 7.91. The highest BCUT2D eigenvalue weighted by molar-refractivity contribution is 5.66. The summed E-state index contributed by atoms with van der Waals surface area (Å²) in [6, 6.07) is 9.34. The van der Waals surface area contributed by atoms with Gasteiger partial charge in [-0.1, -0.05) is 73.1 Å². The van der Waals surface area contributed by atoms with Crippen LogP contribution in [0.25, 0.3) is 11.1 Å². The lowest BCUT2D eigenvalue weighted by Crippen LogP contribution is -2.36. The summed E-state index contributed by atoms with van der Waals surface area (Å²) in [5.74, 6) is 8.07. The van der Waals surface area contributed by atoms with Crippen molar-refractivity contribution in [3.05, 3.63) is 65.6 Å². The summed E-state index contributed by atoms with van der Waals surface area (Å²) in [5.41, 5.74) is 12.8. The molecule has 0 radical (unpaired) electrons. The number of hydrogen-bond donors (Lipinski definition) is 2. The van der Waals surface area contributed by atoms with Crippen molar-refractivity contribution in [3.8, 4) is 23.0 Å². The zero-order chi connectivity index (χ0) is 26.5. The topological polar surface area (TPSA) is 50.9 Å². The van der Waals surface area contributed by atoms with Crippen LogP contribution >= 0.6 is 0 Å². The van der Waals surface area contributed by atoms with Crippen molar-refractivity contribution >= 4 is 0 Å². The third kappa shape index (κ3) is 8.86. The van der Waals surface area contributed by atoms with Gasteiger partial charge in [-0.3, -0.25) is 4.98 Å². The van der Waals surface area contributed by atoms with E-state index in [0.717, 1.165) is 23.5 Å². The Morgan fingerprint density at radius 2 is 1.77 bits per heavy atom. The van der Waals surface area contributed by atoms with Crippen LogP contribution < -0.4 is 11.1 Å². The van der Waals surface area contributed by atoms with Crippen LogP contribution in [0, 0.1) is 29.6 Å². The van der Waals surface area contributed by atoms with Gasteiger partial charge in [0.25, 0.3) is 0 Å². The van der Waals surface area contributed by atoms with E-state index in [9.17, 15) is 0 Å². The minimum absolute atomic E-state index is 0.0762. The molecule has 0 spiro atoms. The Balaban J connectivity index is 0.00000145. The monoisotopic (exact) mass is 475 g/mol. The summed E-state index contributed by atoms with van der Waals surface area (Å²) in [7, 11) is 0. The van der Waals surface area contributed by atoms with Gasteiger partial charge in [0.15, 0.2) is 0 Å². The zero-order valence-corrected chi connectivity index (χ0v) is 23.7. The summed E-state index contributed by atoms with van der Waals surface area (Å²) >= 11 is 0. The number of benzene rings is 1. The molecule has 1 aromatic heterocycles. The van der Waals surface area contributed by atoms with Gasteiger partial charge in [-0.15, -0.1) is 5.92 Å². The van der Waals surface area contributed by atoms with Gasteiger partial charge in [-0.2, -0.15) is 0 Å². The fourth-order valence-corrected chi connectivity index (χ4v) is 4.95. The van der Waals surface area contributed by atoms with Crippen molar-refractivity contribution in [2.24, 2.45) is 23.5 Å². The van der Waals surface area contributed by atoms with E-state index >= 15 is 0 Å². The fraction of sp³-hybridized carbons (Fsp3) is 0.531. The van der Waals surface area contributed by atoms with Gasteiger partial charge in [0.2, 0.25) is 0 Å². The summed E-state index contributed by atoms with van der Waals surface area (Å²) in [4.78, 5) is 4.40. The number of pyridine rings is 1. The van der Waals surface area contributed by atoms with Crippen molar-refractivity contribution in [1.82, 2.24) is 10.3 Å². The predicted molar refractivity (Wildman–Crippen MR) is 154 cm³/mol. The molecule has 3 nitrogen and oxygen atoms in total. The number of aromatic nitrogens is 1. The van der Waals surface area contributed by atoms with Crippen LogP contribution in [0.4, 0.5) is 0 Å². The van der Waals surface area contributed by atoms with Crippen molar-refractivity contribution in [1.29, 1.82) is 0 Å². The molecule has 1 aliphatic carbocycles. The number of fused-ring (bicyclic) bond motifs is 1. The van der Waals surface area contributed by atoms with Crippen LogP contribution in [0.2, 0.25) is 0 Å². The summed E-state index contributed by atoms with van der Waals surface area (Å²) in [6.07, 6.45) is 7.33. The second-order valence-electron chi connectivity index (χ2n) is 9.63. The summed E-state index contributed by atoms with van der Waals surface area (Å²) < 4.78 is 0. The van der Waals surface area contributed by atoms with E-state index in [4.69, 9.17) is 5.73 Å². The Hall–Kier alpha value is -2.57. The molecule has 3 heteroatoms. The van der Waals surface area contributed by atoms with E-state index in [1.807, 2.05) is 47.0 Å². The van der Waals surface area contributed by atoms with Crippen molar-refractivity contribution in [3.63, 3.8) is 0 Å². The molecule has 192 valence electrons. The van der Waals surface area contributed by atoms with Gasteiger partial charge in [0, 0.05) is 41.3 Å². The number of rotatable bonds is 8. The first-order valence-electron chi connectivity index (χ1n) is 13.5. The molecule has 1 aromatic carbocycles. The number of nitrogens with two attached hydrogens (primary N) is 1. The van der Waals surface area contributed by atoms with E-state index in [2.05, 4.69) is 80.7 Å². The van der Waals surface area contributed by atoms with E-state index in [-0.39, 0.29) is 12.1 Å². The lowest BCUT2D eigenvalue weighted by molar-refractivity contribution is 0.285. The molecule has 0 aliphatic heterocycles. The summed E-state index contributed by atoms with van der Waals surface area (Å²) in [6.45, 7) is 22.9. The van der Waals surface area contributed by atoms with E-state index in [1.165, 1.54) is 29.5 Å². The lowest BCUT2D eigenvalue weighted by atomic mass is 9.85. The minimum atomic E-state index is 0.0762. The third-order valence-corrected chi connectivity index (χ3v) is 6.34. The van der Waals surface area contributed by atoms with Crippen LogP contribution in [0.1, 0.15) is 97.9 Å². The highest BCUT2D eigenvalue weighted by Crippen LogP contribution is 2.42. The molecule has 0 fully saturated rings. The zero-order valence-electron chi connectivity index (χ0n) is 23.7. The quantitative estimate of drug-likeness (QED) is 0.381. The van der Waals surface area contributed by atoms with Crippen molar-refractivity contribution < 1.29 is 0 Å². The van der Waals surface area contributed by atoms with Crippen LogP contribution in [0.15, 0.2) is 48.9 Å². The van der Waals surface area contributed by atoms with E-state index in [1.54, 1.807) is 0 Å². The van der Waals surface area contributed by atoms with E-state index < -0.39 is 0 Å². The molecule has 0 saturated carbocycles. The Morgan fingerprint density at radius 1 is 1.09 bits per heavy atom. The van der Waals surface area contributed by atoms with Crippen LogP contribution in [-0.4, -0.2) is 11.0 Å². The maximum absolute atomic E-state index is 6.03. The Kier molecular flexibility index (Phi) is 13.4. The first kappa shape index (κ1) is 30.5. The maximum Gasteiger partial charge on any atom is 0.0437 e. The standard InChI is InChI=1S/C28H37N3.2C2H6/c1-7-8-22-13-26(17-30-16-22)23-9-10-24-14-25(12-19(4)11-18(2)3)28(27(24)15-23)31-21(6)20(5)29;2*1-2/h9-10,13,15-19,21,25,28,31H,5,11-12,14,29H2,1-4,6H3;2*1-2H3. The van der Waals surface area contributed by atoms with Crippen LogP contribution in [0.5, 0.6) is 0 Å². The normalized spacial score (nSPS) is 17.5. The molecular weight excluding hydrogens is 426 g/mol. The number of nitrogens with zero attached hydrogens (tertiary/aromatic N) is 1. The third-order valence-electron chi connectivity index (χ3n) is 6.34. The first-order chi connectivity index (χ1) is 16.8. The molecule has 0 bridgehead atoms. The Labute approximate surface area is 216 Å². The Bertz CT molecular complexity index is 980. The molecule has 4 unspecified atom stereocenters. The molecule has 0 saturated heterocycles. The van der Waals surface area contributed by atoms with Crippen LogP contribution in [-0.2, 0) is 6.42 Å². The first-order valence-corrected chi connectivity index (χ1v) is 13.5. The second-order valence-corrected chi connectivity index (χ2v) is 9.63. The van der Waals surface area contributed by atoms with Gasteiger partial charge in [0.1, 0.15) is 0 Å². The van der Waals surface area contributed by atoms with E-state index in [0.29, 0.717) is 17.5 Å². The summed E-state index contributed by atoms with van der Waals surface area (Å²) in [5, 5.41) is 3.79. The number of nitrogens with one attached hydrogen (secondary N) is 1. The molecular formula is C32H49N3. The molecule has 1 heterocycles. The number of hydrogen-bond acceptors (Lipinski definition) is 3. The van der Waals surface area contributed by atoms with Gasteiger partial charge in [-0.25, -0.2) is 0 Å². The van der Waals surface area contributed by atoms with Gasteiger partial charge in [-0.05, 0) is 79.7 Å². The Morgan fingerprint density at radius 3 is 2.37 bits per heavy atom. The smallest absolute Gasteiger partial charge is 0.0437 e. The van der Waals surface area contributed by atoms with Crippen LogP contribution in [0.3, 0.4) is 0 Å². The lowest BCUT2D eigenvalue weighted by Gasteiger charge is -2.28. The van der Waals surface area contributed by atoms with Crippen molar-refractivity contribution in [2.45, 2.75) is 93.7 Å². The average Bonchev–Trinajstić information content (AvgIpc) is 3.17. The van der Waals surface area contributed by atoms with Gasteiger partial charge in [0.05, 0.1) is 0 Å². The second kappa shape index (κ2) is 15.4. The maximum atomic E-state index is 6.03. The largest absolute Gasteiger partial charge is 0.401 e. The molecule has 4 atom stereocenters. The minimum Gasteiger partial charge on any atom is -0.401 e.